The summed E-state index contributed by atoms with van der Waals surface area (Å²) in [5.41, 5.74) is 0.844. The lowest BCUT2D eigenvalue weighted by Gasteiger charge is -2.03. The zero-order chi connectivity index (χ0) is 15.5. The van der Waals surface area contributed by atoms with Gasteiger partial charge in [0.25, 0.3) is 5.03 Å². The van der Waals surface area contributed by atoms with E-state index in [-0.39, 0.29) is 11.7 Å². The molecule has 0 radical (unpaired) electrons. The summed E-state index contributed by atoms with van der Waals surface area (Å²) in [6, 6.07) is 10.9. The van der Waals surface area contributed by atoms with Crippen LogP contribution in [0.15, 0.2) is 52.1 Å². The van der Waals surface area contributed by atoms with Gasteiger partial charge in [-0.3, -0.25) is 4.79 Å². The summed E-state index contributed by atoms with van der Waals surface area (Å²) >= 11 is 6.01. The van der Waals surface area contributed by atoms with E-state index >= 15 is 0 Å². The predicted octanol–water partition coefficient (Wildman–Crippen LogP) is 3.42. The highest BCUT2D eigenvalue weighted by Crippen LogP contribution is 2.28. The van der Waals surface area contributed by atoms with Gasteiger partial charge in [0.05, 0.1) is 16.0 Å². The van der Waals surface area contributed by atoms with Crippen LogP contribution in [-0.2, 0) is 4.79 Å². The van der Waals surface area contributed by atoms with Gasteiger partial charge in [0.15, 0.2) is 11.3 Å². The average Bonchev–Trinajstić information content (AvgIpc) is 2.87. The zero-order valence-corrected chi connectivity index (χ0v) is 14.4. The maximum absolute atomic E-state index is 12.0. The Hall–Kier alpha value is -1.64. The Morgan fingerprint density at radius 3 is 3.09 bits per heavy atom. The molecule has 0 saturated heterocycles. The van der Waals surface area contributed by atoms with Gasteiger partial charge in [-0.25, -0.2) is 4.98 Å². The Labute approximate surface area is 143 Å². The third kappa shape index (κ3) is 3.57. The Morgan fingerprint density at radius 1 is 1.41 bits per heavy atom. The molecular weight excluding hydrogens is 386 g/mol. The second-order valence-corrected chi connectivity index (χ2v) is 7.27. The second kappa shape index (κ2) is 6.64. The molecule has 22 heavy (non-hydrogen) atoms. The number of benzene rings is 1. The van der Waals surface area contributed by atoms with E-state index < -0.39 is 0 Å². The van der Waals surface area contributed by atoms with Gasteiger partial charge in [-0.2, -0.15) is 4.73 Å². The number of halogens is 1. The molecule has 2 heterocycles. The molecular formula is C14H10BrN3O2S2. The number of carbonyl (C=O) groups is 1. The lowest BCUT2D eigenvalue weighted by molar-refractivity contribution is -0.645. The maximum Gasteiger partial charge on any atom is 0.251 e. The highest BCUT2D eigenvalue weighted by Gasteiger charge is 2.11. The fraction of sp³-hybridized carbons (Fsp3) is 0.0714. The van der Waals surface area contributed by atoms with Crippen molar-refractivity contribution in [2.24, 2.45) is 0 Å². The van der Waals surface area contributed by atoms with Gasteiger partial charge in [-0.1, -0.05) is 27.3 Å². The van der Waals surface area contributed by atoms with Crippen LogP contribution >= 0.6 is 39.0 Å². The zero-order valence-electron chi connectivity index (χ0n) is 11.2. The number of thiazole rings is 1. The topological polar surface area (TPSA) is 68.9 Å². The van der Waals surface area contributed by atoms with Crippen molar-refractivity contribution in [1.29, 1.82) is 0 Å². The number of anilines is 1. The number of nitrogens with one attached hydrogen (secondary N) is 1. The molecule has 1 amide bonds. The molecule has 0 bridgehead atoms. The molecule has 3 rings (SSSR count). The van der Waals surface area contributed by atoms with Gasteiger partial charge < -0.3 is 10.5 Å². The van der Waals surface area contributed by atoms with E-state index in [1.807, 2.05) is 18.2 Å². The molecule has 0 spiro atoms. The van der Waals surface area contributed by atoms with Crippen molar-refractivity contribution in [2.45, 2.75) is 5.03 Å². The van der Waals surface area contributed by atoms with Crippen molar-refractivity contribution >= 4 is 60.3 Å². The summed E-state index contributed by atoms with van der Waals surface area (Å²) in [7, 11) is 0. The van der Waals surface area contributed by atoms with Crippen LogP contribution in [0.5, 0.6) is 0 Å². The van der Waals surface area contributed by atoms with Gasteiger partial charge in [0, 0.05) is 16.6 Å². The monoisotopic (exact) mass is 395 g/mol. The van der Waals surface area contributed by atoms with E-state index in [2.05, 4.69) is 26.2 Å². The van der Waals surface area contributed by atoms with Crippen molar-refractivity contribution in [2.75, 3.05) is 11.1 Å². The van der Waals surface area contributed by atoms with Crippen LogP contribution in [0.3, 0.4) is 0 Å². The van der Waals surface area contributed by atoms with Crippen LogP contribution in [0.25, 0.3) is 10.2 Å². The minimum Gasteiger partial charge on any atom is -0.618 e. The molecule has 0 unspecified atom stereocenters. The summed E-state index contributed by atoms with van der Waals surface area (Å²) in [4.78, 5) is 16.3. The van der Waals surface area contributed by atoms with Crippen LogP contribution in [0.4, 0.5) is 5.13 Å². The Morgan fingerprint density at radius 2 is 2.27 bits per heavy atom. The highest BCUT2D eigenvalue weighted by atomic mass is 79.9. The van der Waals surface area contributed by atoms with Crippen molar-refractivity contribution in [3.8, 4) is 0 Å². The maximum atomic E-state index is 12.0. The number of hydrogen-bond donors (Lipinski definition) is 1. The fourth-order valence-corrected chi connectivity index (χ4v) is 3.92. The average molecular weight is 396 g/mol. The summed E-state index contributed by atoms with van der Waals surface area (Å²) < 4.78 is 2.71. The van der Waals surface area contributed by atoms with Crippen LogP contribution in [0, 0.1) is 5.21 Å². The predicted molar refractivity (Wildman–Crippen MR) is 92.1 cm³/mol. The van der Waals surface area contributed by atoms with Gasteiger partial charge in [-0.15, -0.1) is 0 Å². The first-order valence-corrected chi connectivity index (χ1v) is 8.88. The molecule has 5 nitrogen and oxygen atoms in total. The molecule has 0 aliphatic carbocycles. The van der Waals surface area contributed by atoms with Crippen LogP contribution in [0.2, 0.25) is 0 Å². The minimum atomic E-state index is -0.188. The van der Waals surface area contributed by atoms with Crippen LogP contribution < -0.4 is 10.0 Å². The summed E-state index contributed by atoms with van der Waals surface area (Å²) in [6.07, 6.45) is 1.41. The van der Waals surface area contributed by atoms with E-state index in [0.29, 0.717) is 10.2 Å². The van der Waals surface area contributed by atoms with Gasteiger partial charge in [0.1, 0.15) is 0 Å². The highest BCUT2D eigenvalue weighted by molar-refractivity contribution is 9.10. The number of aromatic nitrogens is 2. The molecule has 1 aromatic carbocycles. The van der Waals surface area contributed by atoms with Crippen molar-refractivity contribution < 1.29 is 9.52 Å². The SMILES string of the molecule is O=C(CSc1cccc[n+]1[O-])Nc1nc2ccc(Br)cc2s1. The van der Waals surface area contributed by atoms with Crippen molar-refractivity contribution in [3.63, 3.8) is 0 Å². The van der Waals surface area contributed by atoms with E-state index in [0.717, 1.165) is 19.4 Å². The Bertz CT molecular complexity index is 838. The van der Waals surface area contributed by atoms with Crippen LogP contribution in [-0.4, -0.2) is 16.6 Å². The largest absolute Gasteiger partial charge is 0.618 e. The first-order chi connectivity index (χ1) is 10.6. The van der Waals surface area contributed by atoms with Gasteiger partial charge >= 0.3 is 0 Å². The minimum absolute atomic E-state index is 0.159. The number of amides is 1. The Kier molecular flexibility index (Phi) is 4.60. The number of carbonyl (C=O) groups excluding carboxylic acids is 1. The normalized spacial score (nSPS) is 10.8. The van der Waals surface area contributed by atoms with E-state index in [1.165, 1.54) is 29.3 Å². The van der Waals surface area contributed by atoms with Crippen LogP contribution in [0.1, 0.15) is 0 Å². The third-order valence-corrected chi connectivity index (χ3v) is 5.18. The number of hydrogen-bond acceptors (Lipinski definition) is 5. The van der Waals surface area contributed by atoms with E-state index in [9.17, 15) is 10.0 Å². The Balaban J connectivity index is 1.64. The van der Waals surface area contributed by atoms with E-state index in [4.69, 9.17) is 0 Å². The fourth-order valence-electron chi connectivity index (χ4n) is 1.77. The number of rotatable bonds is 4. The number of thioether (sulfide) groups is 1. The second-order valence-electron chi connectivity index (χ2n) is 4.33. The summed E-state index contributed by atoms with van der Waals surface area (Å²) in [6.45, 7) is 0. The first kappa shape index (κ1) is 15.3. The van der Waals surface area contributed by atoms with Gasteiger partial charge in [-0.05, 0) is 36.0 Å². The summed E-state index contributed by atoms with van der Waals surface area (Å²) in [5.74, 6) is -0.0294. The molecule has 0 atom stereocenters. The lowest BCUT2D eigenvalue weighted by atomic mass is 10.3. The molecule has 112 valence electrons. The summed E-state index contributed by atoms with van der Waals surface area (Å²) in [5, 5.41) is 15.3. The molecule has 3 aromatic rings. The van der Waals surface area contributed by atoms with Gasteiger partial charge in [0.2, 0.25) is 5.91 Å². The molecule has 0 aliphatic heterocycles. The van der Waals surface area contributed by atoms with Crippen molar-refractivity contribution in [1.82, 2.24) is 4.98 Å². The molecule has 0 aliphatic rings. The smallest absolute Gasteiger partial charge is 0.251 e. The number of fused-ring (bicyclic) bond motifs is 1. The standard InChI is InChI=1S/C14H10BrN3O2S2/c15-9-4-5-10-11(7-9)22-14(16-10)17-12(19)8-21-13-3-1-2-6-18(13)20/h1-7H,8H2,(H,16,17,19). The molecule has 8 heteroatoms. The number of pyridine rings is 1. The van der Waals surface area contributed by atoms with Crippen molar-refractivity contribution in [3.05, 3.63) is 52.3 Å². The first-order valence-electron chi connectivity index (χ1n) is 6.29. The molecule has 0 fully saturated rings. The third-order valence-electron chi connectivity index (χ3n) is 2.74. The quantitative estimate of drug-likeness (QED) is 0.417. The molecule has 2 aromatic heterocycles. The number of nitrogens with zero attached hydrogens (tertiary/aromatic N) is 2. The molecule has 0 saturated carbocycles. The lowest BCUT2D eigenvalue weighted by Crippen LogP contribution is -2.28. The molecule has 1 N–H and O–H groups in total. The van der Waals surface area contributed by atoms with E-state index in [1.54, 1.807) is 18.2 Å².